The highest BCUT2D eigenvalue weighted by Crippen LogP contribution is 2.28. The van der Waals surface area contributed by atoms with Crippen LogP contribution >= 0.6 is 0 Å². The van der Waals surface area contributed by atoms with Crippen molar-refractivity contribution in [3.8, 4) is 0 Å². The molecule has 1 saturated heterocycles. The third-order valence-electron chi connectivity index (χ3n) is 5.25. The minimum Gasteiger partial charge on any atom is -0.394 e. The average Bonchev–Trinajstić information content (AvgIpc) is 2.82. The number of rotatable bonds is 11. The van der Waals surface area contributed by atoms with Gasteiger partial charge in [0, 0.05) is 13.5 Å². The van der Waals surface area contributed by atoms with Gasteiger partial charge in [-0.3, -0.25) is 4.79 Å². The summed E-state index contributed by atoms with van der Waals surface area (Å²) in [6, 6.07) is 19.0. The van der Waals surface area contributed by atoms with Crippen LogP contribution in [0.15, 0.2) is 60.7 Å². The molecule has 2 aromatic carbocycles. The minimum atomic E-state index is -0.756. The van der Waals surface area contributed by atoms with E-state index in [1.54, 1.807) is 0 Å². The third kappa shape index (κ3) is 6.85. The number of hydrogen-bond acceptors (Lipinski definition) is 6. The van der Waals surface area contributed by atoms with Crippen LogP contribution < -0.4 is 5.32 Å². The Bertz CT molecular complexity index is 803. The molecule has 0 aliphatic carbocycles. The van der Waals surface area contributed by atoms with Crippen LogP contribution in [0, 0.1) is 0 Å². The average molecular weight is 444 g/mol. The number of aliphatic hydroxyl groups is 1. The second kappa shape index (κ2) is 12.7. The SMILES string of the molecule is CCCO[C@H]1OC(CO)[C@@H](OCc2ccccc2)[C@@H](OCc2ccccc2)C1NC(C)=O. The summed E-state index contributed by atoms with van der Waals surface area (Å²) in [4.78, 5) is 12.0. The molecule has 1 fully saturated rings. The highest BCUT2D eigenvalue weighted by atomic mass is 16.7. The summed E-state index contributed by atoms with van der Waals surface area (Å²) in [6.45, 7) is 4.29. The molecule has 1 amide bonds. The molecule has 2 unspecified atom stereocenters. The summed E-state index contributed by atoms with van der Waals surface area (Å²) in [5.41, 5.74) is 1.99. The van der Waals surface area contributed by atoms with E-state index in [1.807, 2.05) is 67.6 Å². The first-order valence-corrected chi connectivity index (χ1v) is 11.1. The fourth-order valence-electron chi connectivity index (χ4n) is 3.75. The Morgan fingerprint density at radius 2 is 1.50 bits per heavy atom. The molecule has 2 N–H and O–H groups in total. The standard InChI is InChI=1S/C25H33NO6/c1-3-14-29-25-22(26-18(2)28)24(31-17-20-12-8-5-9-13-20)23(21(15-27)32-25)30-16-19-10-6-4-7-11-19/h4-13,21-25,27H,3,14-17H2,1-2H3,(H,26,28)/t21?,22?,23-,24+,25+/m1/s1. The molecule has 0 radical (unpaired) electrons. The van der Waals surface area contributed by atoms with E-state index in [0.717, 1.165) is 17.5 Å². The highest BCUT2D eigenvalue weighted by molar-refractivity contribution is 5.73. The lowest BCUT2D eigenvalue weighted by atomic mass is 9.96. The van der Waals surface area contributed by atoms with Crippen molar-refractivity contribution in [1.29, 1.82) is 0 Å². The maximum atomic E-state index is 12.0. The van der Waals surface area contributed by atoms with Gasteiger partial charge < -0.3 is 29.4 Å². The van der Waals surface area contributed by atoms with E-state index in [1.165, 1.54) is 6.92 Å². The number of carbonyl (C=O) groups excluding carboxylic acids is 1. The zero-order valence-electron chi connectivity index (χ0n) is 18.7. The lowest BCUT2D eigenvalue weighted by Gasteiger charge is -2.45. The molecule has 1 aliphatic heterocycles. The van der Waals surface area contributed by atoms with Gasteiger partial charge in [-0.2, -0.15) is 0 Å². The summed E-state index contributed by atoms with van der Waals surface area (Å²) in [5, 5.41) is 13.0. The number of benzene rings is 2. The summed E-state index contributed by atoms with van der Waals surface area (Å²) in [7, 11) is 0. The summed E-state index contributed by atoms with van der Waals surface area (Å²) < 4.78 is 24.5. The molecule has 3 rings (SSSR count). The van der Waals surface area contributed by atoms with Crippen LogP contribution in [0.1, 0.15) is 31.4 Å². The van der Waals surface area contributed by atoms with E-state index < -0.39 is 30.6 Å². The first-order valence-electron chi connectivity index (χ1n) is 11.1. The number of amides is 1. The Labute approximate surface area is 189 Å². The summed E-state index contributed by atoms with van der Waals surface area (Å²) in [5.74, 6) is -0.221. The zero-order valence-corrected chi connectivity index (χ0v) is 18.7. The van der Waals surface area contributed by atoms with Crippen molar-refractivity contribution in [2.75, 3.05) is 13.2 Å². The van der Waals surface area contributed by atoms with Crippen molar-refractivity contribution < 1.29 is 28.8 Å². The lowest BCUT2D eigenvalue weighted by molar-refractivity contribution is -0.288. The summed E-state index contributed by atoms with van der Waals surface area (Å²) >= 11 is 0. The van der Waals surface area contributed by atoms with Gasteiger partial charge in [0.05, 0.1) is 19.8 Å². The molecule has 32 heavy (non-hydrogen) atoms. The van der Waals surface area contributed by atoms with Crippen LogP contribution in [-0.2, 0) is 37.0 Å². The largest absolute Gasteiger partial charge is 0.394 e. The maximum Gasteiger partial charge on any atom is 0.217 e. The number of aliphatic hydroxyl groups excluding tert-OH is 1. The van der Waals surface area contributed by atoms with Gasteiger partial charge in [-0.15, -0.1) is 0 Å². The Kier molecular flexibility index (Phi) is 9.64. The van der Waals surface area contributed by atoms with Crippen LogP contribution in [-0.4, -0.2) is 54.9 Å². The molecule has 0 bridgehead atoms. The van der Waals surface area contributed by atoms with Crippen molar-refractivity contribution in [2.45, 2.75) is 64.1 Å². The van der Waals surface area contributed by atoms with Crippen LogP contribution in [0.2, 0.25) is 0 Å². The van der Waals surface area contributed by atoms with Gasteiger partial charge >= 0.3 is 0 Å². The van der Waals surface area contributed by atoms with Crippen molar-refractivity contribution in [3.63, 3.8) is 0 Å². The molecule has 5 atom stereocenters. The molecule has 174 valence electrons. The smallest absolute Gasteiger partial charge is 0.217 e. The highest BCUT2D eigenvalue weighted by Gasteiger charge is 2.48. The van der Waals surface area contributed by atoms with Crippen molar-refractivity contribution in [2.24, 2.45) is 0 Å². The molecule has 0 saturated carbocycles. The van der Waals surface area contributed by atoms with Gasteiger partial charge in [-0.25, -0.2) is 0 Å². The Hall–Kier alpha value is -2.29. The second-order valence-corrected chi connectivity index (χ2v) is 7.85. The van der Waals surface area contributed by atoms with Crippen molar-refractivity contribution in [1.82, 2.24) is 5.32 Å². The number of nitrogens with one attached hydrogen (secondary N) is 1. The number of hydrogen-bond donors (Lipinski definition) is 2. The lowest BCUT2D eigenvalue weighted by Crippen LogP contribution is -2.65. The quantitative estimate of drug-likeness (QED) is 0.556. The maximum absolute atomic E-state index is 12.0. The first kappa shape index (κ1) is 24.4. The van der Waals surface area contributed by atoms with E-state index in [-0.39, 0.29) is 12.5 Å². The Balaban J connectivity index is 1.84. The van der Waals surface area contributed by atoms with Gasteiger partial charge in [0.25, 0.3) is 0 Å². The normalized spacial score (nSPS) is 25.4. The number of carbonyl (C=O) groups is 1. The molecule has 7 heteroatoms. The first-order chi connectivity index (χ1) is 15.6. The predicted molar refractivity (Wildman–Crippen MR) is 120 cm³/mol. The van der Waals surface area contributed by atoms with Gasteiger partial charge in [0.2, 0.25) is 5.91 Å². The number of ether oxygens (including phenoxy) is 4. The van der Waals surface area contributed by atoms with Crippen molar-refractivity contribution in [3.05, 3.63) is 71.8 Å². The molecule has 7 nitrogen and oxygen atoms in total. The molecule has 0 spiro atoms. The van der Waals surface area contributed by atoms with Gasteiger partial charge in [-0.1, -0.05) is 67.6 Å². The zero-order chi connectivity index (χ0) is 22.8. The molecule has 1 heterocycles. The Morgan fingerprint density at radius 3 is 2.00 bits per heavy atom. The van der Waals surface area contributed by atoms with Gasteiger partial charge in [0.15, 0.2) is 6.29 Å². The predicted octanol–water partition coefficient (Wildman–Crippen LogP) is 2.81. The molecular weight excluding hydrogens is 410 g/mol. The van der Waals surface area contributed by atoms with Crippen LogP contribution in [0.4, 0.5) is 0 Å². The van der Waals surface area contributed by atoms with Crippen molar-refractivity contribution >= 4 is 5.91 Å². The molecule has 1 aliphatic rings. The second-order valence-electron chi connectivity index (χ2n) is 7.85. The molecular formula is C25H33NO6. The minimum absolute atomic E-state index is 0.221. The van der Waals surface area contributed by atoms with Crippen LogP contribution in [0.25, 0.3) is 0 Å². The monoisotopic (exact) mass is 443 g/mol. The molecule has 2 aromatic rings. The summed E-state index contributed by atoms with van der Waals surface area (Å²) in [6.07, 6.45) is -1.82. The topological polar surface area (TPSA) is 86.2 Å². The van der Waals surface area contributed by atoms with Gasteiger partial charge in [-0.05, 0) is 17.5 Å². The van der Waals surface area contributed by atoms with E-state index in [9.17, 15) is 9.90 Å². The molecule has 0 aromatic heterocycles. The third-order valence-corrected chi connectivity index (χ3v) is 5.25. The van der Waals surface area contributed by atoms with E-state index in [2.05, 4.69) is 5.32 Å². The fraction of sp³-hybridized carbons (Fsp3) is 0.480. The van der Waals surface area contributed by atoms with E-state index >= 15 is 0 Å². The van der Waals surface area contributed by atoms with Crippen LogP contribution in [0.5, 0.6) is 0 Å². The Morgan fingerprint density at radius 1 is 0.938 bits per heavy atom. The fourth-order valence-corrected chi connectivity index (χ4v) is 3.75. The van der Waals surface area contributed by atoms with E-state index in [4.69, 9.17) is 18.9 Å². The van der Waals surface area contributed by atoms with E-state index in [0.29, 0.717) is 19.8 Å². The van der Waals surface area contributed by atoms with Crippen LogP contribution in [0.3, 0.4) is 0 Å². The van der Waals surface area contributed by atoms with Gasteiger partial charge in [0.1, 0.15) is 24.4 Å².